The number of hydrogen-bond acceptors (Lipinski definition) is 5. The smallest absolute Gasteiger partial charge is 0.246 e. The van der Waals surface area contributed by atoms with Crippen LogP contribution in [0, 0.1) is 0 Å². The molecule has 0 fully saturated rings. The summed E-state index contributed by atoms with van der Waals surface area (Å²) < 4.78 is 30.3. The molecule has 0 saturated heterocycles. The van der Waals surface area contributed by atoms with Crippen LogP contribution in [0.2, 0.25) is 0 Å². The van der Waals surface area contributed by atoms with Gasteiger partial charge in [-0.3, -0.25) is 0 Å². The maximum absolute atomic E-state index is 12.1. The van der Waals surface area contributed by atoms with E-state index in [0.717, 1.165) is 0 Å². The molecule has 6 nitrogen and oxygen atoms in total. The highest BCUT2D eigenvalue weighted by Crippen LogP contribution is 2.18. The van der Waals surface area contributed by atoms with E-state index in [1.165, 1.54) is 23.6 Å². The van der Waals surface area contributed by atoms with Crippen molar-refractivity contribution in [2.75, 3.05) is 33.0 Å². The zero-order valence-electron chi connectivity index (χ0n) is 9.96. The molecule has 1 aromatic heterocycles. The van der Waals surface area contributed by atoms with Gasteiger partial charge in [-0.15, -0.1) is 0 Å². The lowest BCUT2D eigenvalue weighted by Gasteiger charge is -2.17. The number of nitrogens with two attached hydrogens (primary N) is 1. The van der Waals surface area contributed by atoms with Gasteiger partial charge in [0.25, 0.3) is 0 Å². The average molecular weight is 259 g/mol. The number of ether oxygens (including phenoxy) is 1. The van der Waals surface area contributed by atoms with Crippen molar-refractivity contribution >= 4 is 15.8 Å². The molecule has 0 spiro atoms. The number of pyridine rings is 1. The summed E-state index contributed by atoms with van der Waals surface area (Å²) >= 11 is 0. The minimum Gasteiger partial charge on any atom is -0.385 e. The Bertz CT molecular complexity index is 462. The molecule has 1 aromatic rings. The van der Waals surface area contributed by atoms with E-state index in [1.54, 1.807) is 13.2 Å². The van der Waals surface area contributed by atoms with Crippen LogP contribution < -0.4 is 5.73 Å². The van der Waals surface area contributed by atoms with Crippen LogP contribution in [0.25, 0.3) is 0 Å². The van der Waals surface area contributed by atoms with Gasteiger partial charge in [0.1, 0.15) is 10.7 Å². The molecule has 0 radical (unpaired) electrons. The van der Waals surface area contributed by atoms with Crippen molar-refractivity contribution < 1.29 is 13.2 Å². The van der Waals surface area contributed by atoms with Crippen LogP contribution in [-0.4, -0.2) is 45.0 Å². The summed E-state index contributed by atoms with van der Waals surface area (Å²) in [4.78, 5) is 3.81. The lowest BCUT2D eigenvalue weighted by molar-refractivity contribution is 0.189. The van der Waals surface area contributed by atoms with Gasteiger partial charge in [-0.1, -0.05) is 0 Å². The van der Waals surface area contributed by atoms with E-state index in [4.69, 9.17) is 10.5 Å². The van der Waals surface area contributed by atoms with E-state index in [0.29, 0.717) is 19.6 Å². The molecule has 0 aliphatic carbocycles. The fourth-order valence-corrected chi connectivity index (χ4v) is 2.61. The van der Waals surface area contributed by atoms with Crippen molar-refractivity contribution in [3.05, 3.63) is 18.3 Å². The van der Waals surface area contributed by atoms with Crippen LogP contribution in [-0.2, 0) is 14.8 Å². The summed E-state index contributed by atoms with van der Waals surface area (Å²) in [6, 6.07) is 3.00. The third-order valence-corrected chi connectivity index (χ3v) is 4.21. The van der Waals surface area contributed by atoms with Gasteiger partial charge >= 0.3 is 0 Å². The fourth-order valence-electron chi connectivity index (χ4n) is 1.34. The van der Waals surface area contributed by atoms with Crippen molar-refractivity contribution in [3.63, 3.8) is 0 Å². The first-order chi connectivity index (χ1) is 8.00. The molecule has 2 N–H and O–H groups in total. The van der Waals surface area contributed by atoms with Gasteiger partial charge in [0, 0.05) is 33.5 Å². The van der Waals surface area contributed by atoms with Crippen LogP contribution in [0.15, 0.2) is 23.2 Å². The van der Waals surface area contributed by atoms with Gasteiger partial charge in [0.2, 0.25) is 10.0 Å². The lowest BCUT2D eigenvalue weighted by atomic mass is 10.4. The number of nitrogen functional groups attached to an aromatic ring is 1. The van der Waals surface area contributed by atoms with Gasteiger partial charge in [-0.2, -0.15) is 0 Å². The molecule has 0 aliphatic heterocycles. The van der Waals surface area contributed by atoms with E-state index < -0.39 is 10.0 Å². The first-order valence-electron chi connectivity index (χ1n) is 5.16. The fraction of sp³-hybridized carbons (Fsp3) is 0.500. The first kappa shape index (κ1) is 13.9. The van der Waals surface area contributed by atoms with Crippen LogP contribution in [0.3, 0.4) is 0 Å². The second kappa shape index (κ2) is 5.95. The molecule has 7 heteroatoms. The van der Waals surface area contributed by atoms with E-state index in [1.807, 2.05) is 0 Å². The Morgan fingerprint density at radius 2 is 2.24 bits per heavy atom. The van der Waals surface area contributed by atoms with Crippen molar-refractivity contribution in [1.82, 2.24) is 9.29 Å². The summed E-state index contributed by atoms with van der Waals surface area (Å²) in [5.74, 6) is 0.0195. The summed E-state index contributed by atoms with van der Waals surface area (Å²) in [7, 11) is -0.472. The number of hydrogen-bond donors (Lipinski definition) is 1. The largest absolute Gasteiger partial charge is 0.385 e. The van der Waals surface area contributed by atoms with Gasteiger partial charge in [-0.25, -0.2) is 17.7 Å². The molecule has 0 atom stereocenters. The van der Waals surface area contributed by atoms with Gasteiger partial charge in [0.15, 0.2) is 0 Å². The second-order valence-corrected chi connectivity index (χ2v) is 5.57. The molecule has 0 aromatic carbocycles. The molecule has 0 aliphatic rings. The molecular formula is C10H17N3O3S. The highest BCUT2D eigenvalue weighted by molar-refractivity contribution is 7.89. The van der Waals surface area contributed by atoms with Gasteiger partial charge in [0.05, 0.1) is 0 Å². The van der Waals surface area contributed by atoms with E-state index >= 15 is 0 Å². The SMILES string of the molecule is COCCCN(C)S(=O)(=O)c1cccnc1N. The van der Waals surface area contributed by atoms with E-state index in [-0.39, 0.29) is 10.7 Å². The van der Waals surface area contributed by atoms with Crippen LogP contribution in [0.5, 0.6) is 0 Å². The van der Waals surface area contributed by atoms with Gasteiger partial charge < -0.3 is 10.5 Å². The second-order valence-electron chi connectivity index (χ2n) is 3.56. The van der Waals surface area contributed by atoms with Crippen molar-refractivity contribution in [1.29, 1.82) is 0 Å². The zero-order chi connectivity index (χ0) is 12.9. The van der Waals surface area contributed by atoms with E-state index in [9.17, 15) is 8.42 Å². The van der Waals surface area contributed by atoms with Crippen LogP contribution in [0.1, 0.15) is 6.42 Å². The highest BCUT2D eigenvalue weighted by atomic mass is 32.2. The minimum atomic E-state index is -3.56. The number of nitrogens with zero attached hydrogens (tertiary/aromatic N) is 2. The Hall–Kier alpha value is -1.18. The number of sulfonamides is 1. The molecule has 0 saturated carbocycles. The van der Waals surface area contributed by atoms with Crippen LogP contribution in [0.4, 0.5) is 5.82 Å². The summed E-state index contributed by atoms with van der Waals surface area (Å²) in [6.07, 6.45) is 2.09. The quantitative estimate of drug-likeness (QED) is 0.744. The molecule has 1 heterocycles. The third kappa shape index (κ3) is 3.39. The molecule has 17 heavy (non-hydrogen) atoms. The molecule has 96 valence electrons. The monoisotopic (exact) mass is 259 g/mol. The normalized spacial score (nSPS) is 11.9. The number of methoxy groups -OCH3 is 1. The standard InChI is InChI=1S/C10H17N3O3S/c1-13(7-4-8-16-2)17(14,15)9-5-3-6-12-10(9)11/h3,5-6H,4,7-8H2,1-2H3,(H2,11,12). The summed E-state index contributed by atoms with van der Waals surface area (Å²) in [6.45, 7) is 0.896. The molecule has 0 bridgehead atoms. The Morgan fingerprint density at radius 3 is 2.82 bits per heavy atom. The number of anilines is 1. The molecule has 0 amide bonds. The van der Waals surface area contributed by atoms with Crippen molar-refractivity contribution in [3.8, 4) is 0 Å². The number of rotatable bonds is 6. The minimum absolute atomic E-state index is 0.0195. The summed E-state index contributed by atoms with van der Waals surface area (Å²) in [5, 5.41) is 0. The Balaban J connectivity index is 2.85. The van der Waals surface area contributed by atoms with Gasteiger partial charge in [-0.05, 0) is 18.6 Å². The van der Waals surface area contributed by atoms with Crippen molar-refractivity contribution in [2.24, 2.45) is 0 Å². The predicted octanol–water partition coefficient (Wildman–Crippen LogP) is 0.321. The van der Waals surface area contributed by atoms with E-state index in [2.05, 4.69) is 4.98 Å². The predicted molar refractivity (Wildman–Crippen MR) is 65.0 cm³/mol. The highest BCUT2D eigenvalue weighted by Gasteiger charge is 2.23. The molecule has 1 rings (SSSR count). The van der Waals surface area contributed by atoms with Crippen LogP contribution >= 0.6 is 0 Å². The first-order valence-corrected chi connectivity index (χ1v) is 6.60. The Morgan fingerprint density at radius 1 is 1.53 bits per heavy atom. The number of aromatic nitrogens is 1. The maximum Gasteiger partial charge on any atom is 0.246 e. The lowest BCUT2D eigenvalue weighted by Crippen LogP contribution is -2.29. The Kier molecular flexibility index (Phi) is 4.86. The maximum atomic E-state index is 12.1. The summed E-state index contributed by atoms with van der Waals surface area (Å²) in [5.41, 5.74) is 5.56. The van der Waals surface area contributed by atoms with Crippen molar-refractivity contribution in [2.45, 2.75) is 11.3 Å². The molecular weight excluding hydrogens is 242 g/mol. The third-order valence-electron chi connectivity index (χ3n) is 2.31. The zero-order valence-corrected chi connectivity index (χ0v) is 10.8. The molecule has 0 unspecified atom stereocenters. The Labute approximate surface area is 101 Å². The average Bonchev–Trinajstić information content (AvgIpc) is 2.29. The topological polar surface area (TPSA) is 85.5 Å².